The molecule has 0 spiro atoms. The van der Waals surface area contributed by atoms with Gasteiger partial charge in [-0.25, -0.2) is 9.97 Å². The lowest BCUT2D eigenvalue weighted by molar-refractivity contribution is -0.138. The van der Waals surface area contributed by atoms with Gasteiger partial charge in [0.05, 0.1) is 23.2 Å². The molecule has 0 aliphatic carbocycles. The Balaban J connectivity index is 2.49. The quantitative estimate of drug-likeness (QED) is 0.931. The molecule has 1 N–H and O–H groups in total. The molecule has 1 aromatic heterocycles. The predicted octanol–water partition coefficient (Wildman–Crippen LogP) is 2.67. The minimum absolute atomic E-state index is 0.0651. The number of aromatic nitrogens is 2. The number of benzene rings is 1. The lowest BCUT2D eigenvalue weighted by Gasteiger charge is -2.09. The standard InChI is InChI=1S/C12H9F3N2O2/c13-12(14,15)7-1-2-9-8(5-7)10(17-6-16-9)3-4-11(18)19/h1-2,5-6H,3-4H2,(H,18,19). The zero-order valence-corrected chi connectivity index (χ0v) is 9.61. The molecule has 0 aliphatic rings. The van der Waals surface area contributed by atoms with Gasteiger partial charge in [0.2, 0.25) is 0 Å². The Hall–Kier alpha value is -2.18. The third-order valence-corrected chi connectivity index (χ3v) is 2.62. The van der Waals surface area contributed by atoms with Gasteiger partial charge >= 0.3 is 12.1 Å². The van der Waals surface area contributed by atoms with Crippen molar-refractivity contribution in [3.63, 3.8) is 0 Å². The maximum absolute atomic E-state index is 12.6. The highest BCUT2D eigenvalue weighted by Crippen LogP contribution is 2.31. The highest BCUT2D eigenvalue weighted by atomic mass is 19.4. The molecule has 1 aromatic carbocycles. The molecule has 2 aromatic rings. The van der Waals surface area contributed by atoms with E-state index >= 15 is 0 Å². The lowest BCUT2D eigenvalue weighted by atomic mass is 10.1. The van der Waals surface area contributed by atoms with E-state index in [1.54, 1.807) is 0 Å². The number of nitrogens with zero attached hydrogens (tertiary/aromatic N) is 2. The van der Waals surface area contributed by atoms with E-state index in [1.807, 2.05) is 0 Å². The number of hydrogen-bond acceptors (Lipinski definition) is 3. The van der Waals surface area contributed by atoms with Crippen LogP contribution in [0.2, 0.25) is 0 Å². The van der Waals surface area contributed by atoms with Gasteiger partial charge in [-0.2, -0.15) is 13.2 Å². The Kier molecular flexibility index (Phi) is 3.37. The molecule has 1 heterocycles. The number of fused-ring (bicyclic) bond motifs is 1. The van der Waals surface area contributed by atoms with Crippen molar-refractivity contribution in [2.45, 2.75) is 19.0 Å². The summed E-state index contributed by atoms with van der Waals surface area (Å²) in [7, 11) is 0. The van der Waals surface area contributed by atoms with Gasteiger partial charge in [-0.15, -0.1) is 0 Å². The summed E-state index contributed by atoms with van der Waals surface area (Å²) in [5.41, 5.74) is -0.131. The molecule has 0 bridgehead atoms. The first-order chi connectivity index (χ1) is 8.88. The first-order valence-electron chi connectivity index (χ1n) is 5.40. The monoisotopic (exact) mass is 270 g/mol. The molecule has 2 rings (SSSR count). The van der Waals surface area contributed by atoms with Crippen LogP contribution >= 0.6 is 0 Å². The highest BCUT2D eigenvalue weighted by Gasteiger charge is 2.30. The van der Waals surface area contributed by atoms with Crippen molar-refractivity contribution in [1.82, 2.24) is 9.97 Å². The summed E-state index contributed by atoms with van der Waals surface area (Å²) < 4.78 is 37.9. The molecule has 0 atom stereocenters. The van der Waals surface area contributed by atoms with E-state index in [2.05, 4.69) is 9.97 Å². The van der Waals surface area contributed by atoms with Crippen molar-refractivity contribution in [2.24, 2.45) is 0 Å². The molecule has 4 nitrogen and oxygen atoms in total. The molecular formula is C12H9F3N2O2. The number of carboxylic acids is 1. The predicted molar refractivity (Wildman–Crippen MR) is 60.5 cm³/mol. The Morgan fingerprint density at radius 2 is 2.00 bits per heavy atom. The summed E-state index contributed by atoms with van der Waals surface area (Å²) in [6.07, 6.45) is -3.36. The van der Waals surface area contributed by atoms with Crippen LogP contribution in [0.1, 0.15) is 17.7 Å². The largest absolute Gasteiger partial charge is 0.481 e. The van der Waals surface area contributed by atoms with Gasteiger partial charge in [-0.3, -0.25) is 4.79 Å². The number of aryl methyl sites for hydroxylation is 1. The average Bonchev–Trinajstić information content (AvgIpc) is 2.34. The Morgan fingerprint density at radius 1 is 1.26 bits per heavy atom. The number of rotatable bonds is 3. The first-order valence-corrected chi connectivity index (χ1v) is 5.40. The Morgan fingerprint density at radius 3 is 2.63 bits per heavy atom. The SMILES string of the molecule is O=C(O)CCc1ncnc2ccc(C(F)(F)F)cc12. The van der Waals surface area contributed by atoms with Crippen molar-refractivity contribution in [3.8, 4) is 0 Å². The van der Waals surface area contributed by atoms with Gasteiger partial charge in [0.1, 0.15) is 6.33 Å². The van der Waals surface area contributed by atoms with Gasteiger partial charge < -0.3 is 5.11 Å². The van der Waals surface area contributed by atoms with Gasteiger partial charge in [-0.1, -0.05) is 0 Å². The van der Waals surface area contributed by atoms with Crippen molar-refractivity contribution in [1.29, 1.82) is 0 Å². The lowest BCUT2D eigenvalue weighted by Crippen LogP contribution is -2.06. The molecule has 0 fully saturated rings. The van der Waals surface area contributed by atoms with Crippen LogP contribution in [-0.4, -0.2) is 21.0 Å². The third kappa shape index (κ3) is 2.98. The molecule has 0 saturated carbocycles. The van der Waals surface area contributed by atoms with Crippen LogP contribution in [0.25, 0.3) is 10.9 Å². The van der Waals surface area contributed by atoms with Gasteiger partial charge in [0.15, 0.2) is 0 Å². The van der Waals surface area contributed by atoms with Crippen LogP contribution in [0.15, 0.2) is 24.5 Å². The number of halogens is 3. The van der Waals surface area contributed by atoms with Crippen LogP contribution in [0.3, 0.4) is 0 Å². The minimum atomic E-state index is -4.45. The second-order valence-electron chi connectivity index (χ2n) is 3.94. The zero-order chi connectivity index (χ0) is 14.0. The molecule has 0 saturated heterocycles. The Labute approximate surface area is 105 Å². The normalized spacial score (nSPS) is 11.7. The molecule has 0 radical (unpaired) electrons. The topological polar surface area (TPSA) is 63.1 Å². The average molecular weight is 270 g/mol. The van der Waals surface area contributed by atoms with Crippen molar-refractivity contribution in [3.05, 3.63) is 35.8 Å². The van der Waals surface area contributed by atoms with Crippen molar-refractivity contribution >= 4 is 16.9 Å². The van der Waals surface area contributed by atoms with E-state index < -0.39 is 17.7 Å². The number of carboxylic acid groups (broad SMARTS) is 1. The van der Waals surface area contributed by atoms with Gasteiger partial charge in [0.25, 0.3) is 0 Å². The van der Waals surface area contributed by atoms with E-state index in [9.17, 15) is 18.0 Å². The second-order valence-corrected chi connectivity index (χ2v) is 3.94. The fraction of sp³-hybridized carbons (Fsp3) is 0.250. The fourth-order valence-electron chi connectivity index (χ4n) is 1.71. The van der Waals surface area contributed by atoms with E-state index in [-0.39, 0.29) is 18.2 Å². The highest BCUT2D eigenvalue weighted by molar-refractivity contribution is 5.82. The van der Waals surface area contributed by atoms with Gasteiger partial charge in [-0.05, 0) is 18.2 Å². The number of carbonyl (C=O) groups is 1. The summed E-state index contributed by atoms with van der Waals surface area (Å²) >= 11 is 0. The molecule has 0 amide bonds. The molecular weight excluding hydrogens is 261 g/mol. The van der Waals surface area contributed by atoms with E-state index in [1.165, 1.54) is 12.4 Å². The number of alkyl halides is 3. The van der Waals surface area contributed by atoms with Crippen LogP contribution < -0.4 is 0 Å². The summed E-state index contributed by atoms with van der Waals surface area (Å²) in [6, 6.07) is 3.15. The minimum Gasteiger partial charge on any atom is -0.481 e. The Bertz CT molecular complexity index is 626. The summed E-state index contributed by atoms with van der Waals surface area (Å²) in [5, 5.41) is 8.84. The third-order valence-electron chi connectivity index (χ3n) is 2.62. The second kappa shape index (κ2) is 4.83. The summed E-state index contributed by atoms with van der Waals surface area (Å²) in [4.78, 5) is 18.2. The van der Waals surface area contributed by atoms with Gasteiger partial charge in [0, 0.05) is 11.8 Å². The summed E-state index contributed by atoms with van der Waals surface area (Å²) in [6.45, 7) is 0. The van der Waals surface area contributed by atoms with E-state index in [0.717, 1.165) is 12.1 Å². The van der Waals surface area contributed by atoms with Crippen LogP contribution in [-0.2, 0) is 17.4 Å². The molecule has 0 aliphatic heterocycles. The maximum atomic E-state index is 12.6. The first kappa shape index (κ1) is 13.3. The number of hydrogen-bond donors (Lipinski definition) is 1. The molecule has 100 valence electrons. The molecule has 0 unspecified atom stereocenters. The van der Waals surface area contributed by atoms with Crippen molar-refractivity contribution < 1.29 is 23.1 Å². The van der Waals surface area contributed by atoms with Crippen LogP contribution in [0.4, 0.5) is 13.2 Å². The summed E-state index contributed by atoms with van der Waals surface area (Å²) in [5.74, 6) is -1.03. The van der Waals surface area contributed by atoms with E-state index in [0.29, 0.717) is 11.2 Å². The number of aliphatic carboxylic acids is 1. The van der Waals surface area contributed by atoms with Crippen molar-refractivity contribution in [2.75, 3.05) is 0 Å². The van der Waals surface area contributed by atoms with E-state index in [4.69, 9.17) is 5.11 Å². The maximum Gasteiger partial charge on any atom is 0.416 e. The molecule has 19 heavy (non-hydrogen) atoms. The zero-order valence-electron chi connectivity index (χ0n) is 9.61. The smallest absolute Gasteiger partial charge is 0.416 e. The fourth-order valence-corrected chi connectivity index (χ4v) is 1.71. The molecule has 7 heteroatoms. The van der Waals surface area contributed by atoms with Crippen LogP contribution in [0.5, 0.6) is 0 Å². The van der Waals surface area contributed by atoms with Crippen LogP contribution in [0, 0.1) is 0 Å².